The average Bonchev–Trinajstić information content (AvgIpc) is 2.74. The molecule has 0 saturated carbocycles. The number of allylic oxidation sites excluding steroid dienone is 3. The topological polar surface area (TPSA) is 122 Å². The molecule has 0 aliphatic heterocycles. The van der Waals surface area contributed by atoms with Crippen molar-refractivity contribution in [3.8, 4) is 0 Å². The molecule has 0 saturated heterocycles. The summed E-state index contributed by atoms with van der Waals surface area (Å²) in [6, 6.07) is 0. The fraction of sp³-hybridized carbons (Fsp3) is 0.381. The first-order chi connectivity index (χ1) is 14.7. The van der Waals surface area contributed by atoms with E-state index >= 15 is 0 Å². The van der Waals surface area contributed by atoms with Crippen molar-refractivity contribution in [3.05, 3.63) is 69.1 Å². The summed E-state index contributed by atoms with van der Waals surface area (Å²) in [6.07, 6.45) is 8.07. The summed E-state index contributed by atoms with van der Waals surface area (Å²) in [5, 5.41) is 41.8. The molecule has 0 fully saturated rings. The number of aliphatic hydroxyl groups is 4. The Morgan fingerprint density at radius 3 is 2.74 bits per heavy atom. The summed E-state index contributed by atoms with van der Waals surface area (Å²) < 4.78 is 3.16. The third-order valence-corrected chi connectivity index (χ3v) is 5.77. The van der Waals surface area contributed by atoms with E-state index in [1.807, 2.05) is 18.2 Å². The predicted octanol–water partition coefficient (Wildman–Crippen LogP) is 3.10. The van der Waals surface area contributed by atoms with Crippen LogP contribution in [0.25, 0.3) is 0 Å². The molecule has 6 N–H and O–H groups in total. The number of carbonyl (C=O) groups excluding carboxylic acids is 1. The molecule has 0 heterocycles. The first kappa shape index (κ1) is 25.6. The van der Waals surface area contributed by atoms with Crippen LogP contribution in [0.1, 0.15) is 13.3 Å². The maximum atomic E-state index is 12.3. The molecule has 0 bridgehead atoms. The monoisotopic (exact) mass is 488 g/mol. The molecule has 2 aliphatic rings. The molecule has 3 unspecified atom stereocenters. The van der Waals surface area contributed by atoms with Gasteiger partial charge in [0.05, 0.1) is 9.94 Å². The molecule has 0 spiro atoms. The van der Waals surface area contributed by atoms with Gasteiger partial charge in [0, 0.05) is 24.5 Å². The van der Waals surface area contributed by atoms with Gasteiger partial charge in [0.1, 0.15) is 23.7 Å². The molecule has 31 heavy (non-hydrogen) atoms. The van der Waals surface area contributed by atoms with Crippen molar-refractivity contribution in [1.82, 2.24) is 10.0 Å². The lowest BCUT2D eigenvalue weighted by Crippen LogP contribution is -2.34. The highest BCUT2D eigenvalue weighted by Gasteiger charge is 2.26. The number of carbonyl (C=O) groups is 1. The van der Waals surface area contributed by atoms with Crippen LogP contribution in [0.15, 0.2) is 69.1 Å². The zero-order valence-corrected chi connectivity index (χ0v) is 19.2. The molecule has 0 aromatic rings. The molecule has 0 aromatic carbocycles. The molecule has 170 valence electrons. The Hall–Kier alpha value is -1.68. The van der Waals surface area contributed by atoms with Gasteiger partial charge < -0.3 is 25.7 Å². The zero-order chi connectivity index (χ0) is 23.0. The average molecular weight is 489 g/mol. The maximum absolute atomic E-state index is 12.3. The van der Waals surface area contributed by atoms with E-state index in [-0.39, 0.29) is 28.2 Å². The third kappa shape index (κ3) is 7.75. The van der Waals surface area contributed by atoms with Crippen LogP contribution in [-0.2, 0) is 4.79 Å². The minimum atomic E-state index is -1.42. The molecule has 0 aromatic heterocycles. The quantitative estimate of drug-likeness (QED) is 0.127. The normalized spacial score (nSPS) is 24.7. The Balaban J connectivity index is 1.87. The number of halogens is 2. The summed E-state index contributed by atoms with van der Waals surface area (Å²) in [6.45, 7) is 2.48. The van der Waals surface area contributed by atoms with Crippen molar-refractivity contribution < 1.29 is 25.2 Å². The fourth-order valence-corrected chi connectivity index (χ4v) is 4.13. The Labute approximate surface area is 195 Å². The molecule has 10 heteroatoms. The van der Waals surface area contributed by atoms with E-state index in [2.05, 4.69) is 10.0 Å². The van der Waals surface area contributed by atoms with Crippen LogP contribution in [0, 0.1) is 5.92 Å². The standard InChI is InChI=1S/C21H26Cl2N2O5S/c1-12(23)19(28)18(5-6-22)31-25-11-14-4-2-3-13(7-14)10-24-21(30)15-8-16(26)20(29)17(27)9-15/h2,4-5,7-9,13,16,20,25-29H,3,6,10-11H2,1H3,(H,24,30)/b18-5+,19-12-. The van der Waals surface area contributed by atoms with Gasteiger partial charge in [-0.2, -0.15) is 0 Å². The molecular weight excluding hydrogens is 463 g/mol. The van der Waals surface area contributed by atoms with Gasteiger partial charge in [0.25, 0.3) is 5.91 Å². The number of aliphatic hydroxyl groups excluding tert-OH is 4. The third-order valence-electron chi connectivity index (χ3n) is 4.57. The van der Waals surface area contributed by atoms with Gasteiger partial charge in [-0.3, -0.25) is 9.52 Å². The number of amides is 1. The lowest BCUT2D eigenvalue weighted by Gasteiger charge is -2.21. The minimum Gasteiger partial charge on any atom is -0.509 e. The van der Waals surface area contributed by atoms with Crippen LogP contribution in [0.4, 0.5) is 0 Å². The van der Waals surface area contributed by atoms with Crippen LogP contribution >= 0.6 is 35.1 Å². The number of hydrogen-bond donors (Lipinski definition) is 6. The van der Waals surface area contributed by atoms with E-state index in [0.29, 0.717) is 18.0 Å². The minimum absolute atomic E-state index is 0.0247. The van der Waals surface area contributed by atoms with E-state index < -0.39 is 23.9 Å². The van der Waals surface area contributed by atoms with Crippen molar-refractivity contribution in [2.75, 3.05) is 19.0 Å². The Morgan fingerprint density at radius 1 is 1.35 bits per heavy atom. The number of rotatable bonds is 9. The van der Waals surface area contributed by atoms with Gasteiger partial charge in [0.15, 0.2) is 0 Å². The second-order valence-electron chi connectivity index (χ2n) is 7.00. The summed E-state index contributed by atoms with van der Waals surface area (Å²) in [5.41, 5.74) is 1.12. The first-order valence-electron chi connectivity index (χ1n) is 9.58. The first-order valence-corrected chi connectivity index (χ1v) is 11.3. The Morgan fingerprint density at radius 2 is 2.10 bits per heavy atom. The van der Waals surface area contributed by atoms with Crippen molar-refractivity contribution in [1.29, 1.82) is 0 Å². The molecule has 3 atom stereocenters. The SMILES string of the molecule is C/C(Cl)=C(O)\C(=C/CCl)SNCC1=CC(CNC(=O)C2=CC(O)C(O)C(O)=C2)CC=C1. The molecule has 2 rings (SSSR count). The largest absolute Gasteiger partial charge is 0.509 e. The van der Waals surface area contributed by atoms with Gasteiger partial charge in [-0.15, -0.1) is 11.6 Å². The second kappa shape index (κ2) is 12.4. The van der Waals surface area contributed by atoms with Gasteiger partial charge in [-0.1, -0.05) is 35.9 Å². The summed E-state index contributed by atoms with van der Waals surface area (Å²) >= 11 is 12.8. The van der Waals surface area contributed by atoms with E-state index in [1.54, 1.807) is 13.0 Å². The Bertz CT molecular complexity index is 860. The van der Waals surface area contributed by atoms with Crippen LogP contribution in [0.2, 0.25) is 0 Å². The molecular formula is C21H26Cl2N2O5S. The lowest BCUT2D eigenvalue weighted by molar-refractivity contribution is -0.117. The van der Waals surface area contributed by atoms with E-state index in [9.17, 15) is 25.2 Å². The van der Waals surface area contributed by atoms with Gasteiger partial charge >= 0.3 is 0 Å². The molecule has 2 aliphatic carbocycles. The Kier molecular flexibility index (Phi) is 10.2. The molecule has 0 radical (unpaired) electrons. The summed E-state index contributed by atoms with van der Waals surface area (Å²) in [4.78, 5) is 12.8. The van der Waals surface area contributed by atoms with Crippen LogP contribution < -0.4 is 10.0 Å². The number of alkyl halides is 1. The maximum Gasteiger partial charge on any atom is 0.251 e. The smallest absolute Gasteiger partial charge is 0.251 e. The number of nitrogens with one attached hydrogen (secondary N) is 2. The van der Waals surface area contributed by atoms with E-state index in [1.165, 1.54) is 18.0 Å². The highest BCUT2D eigenvalue weighted by molar-refractivity contribution is 8.01. The number of hydrogen-bond acceptors (Lipinski definition) is 7. The summed E-state index contributed by atoms with van der Waals surface area (Å²) in [7, 11) is 0. The van der Waals surface area contributed by atoms with Crippen molar-refractivity contribution in [3.63, 3.8) is 0 Å². The van der Waals surface area contributed by atoms with Crippen molar-refractivity contribution in [2.24, 2.45) is 5.92 Å². The van der Waals surface area contributed by atoms with Crippen LogP contribution in [0.5, 0.6) is 0 Å². The van der Waals surface area contributed by atoms with E-state index in [0.717, 1.165) is 18.1 Å². The molecule has 7 nitrogen and oxygen atoms in total. The highest BCUT2D eigenvalue weighted by atomic mass is 35.5. The second-order valence-corrected chi connectivity index (χ2v) is 8.81. The fourth-order valence-electron chi connectivity index (χ4n) is 2.91. The zero-order valence-electron chi connectivity index (χ0n) is 16.9. The molecule has 1 amide bonds. The van der Waals surface area contributed by atoms with Gasteiger partial charge in [0.2, 0.25) is 0 Å². The predicted molar refractivity (Wildman–Crippen MR) is 125 cm³/mol. The van der Waals surface area contributed by atoms with Crippen LogP contribution in [-0.4, -0.2) is 57.5 Å². The van der Waals surface area contributed by atoms with Gasteiger partial charge in [-0.05, 0) is 48.9 Å². The van der Waals surface area contributed by atoms with Crippen molar-refractivity contribution in [2.45, 2.75) is 25.6 Å². The van der Waals surface area contributed by atoms with E-state index in [4.69, 9.17) is 23.2 Å². The lowest BCUT2D eigenvalue weighted by atomic mass is 9.95. The van der Waals surface area contributed by atoms with Crippen molar-refractivity contribution >= 4 is 41.1 Å². The highest BCUT2D eigenvalue weighted by Crippen LogP contribution is 2.25. The van der Waals surface area contributed by atoms with Gasteiger partial charge in [-0.25, -0.2) is 0 Å². The summed E-state index contributed by atoms with van der Waals surface area (Å²) in [5.74, 6) is -0.598. The van der Waals surface area contributed by atoms with Crippen LogP contribution in [0.3, 0.4) is 0 Å².